The van der Waals surface area contributed by atoms with Gasteiger partial charge in [-0.3, -0.25) is 0 Å². The van der Waals surface area contributed by atoms with E-state index in [2.05, 4.69) is 41.9 Å². The summed E-state index contributed by atoms with van der Waals surface area (Å²) in [5.41, 5.74) is 10.2. The van der Waals surface area contributed by atoms with Crippen molar-refractivity contribution < 1.29 is 0 Å². The first-order valence-electron chi connectivity index (χ1n) is 5.10. The minimum atomic E-state index is -0.0414. The Bertz CT molecular complexity index is 367. The number of rotatable bonds is 1. The van der Waals surface area contributed by atoms with Gasteiger partial charge in [0, 0.05) is 10.0 Å². The highest BCUT2D eigenvalue weighted by Gasteiger charge is 2.35. The zero-order valence-corrected chi connectivity index (χ0v) is 10.3. The summed E-state index contributed by atoms with van der Waals surface area (Å²) < 4.78 is 1.21. The topological polar surface area (TPSA) is 26.0 Å². The van der Waals surface area contributed by atoms with Crippen LogP contribution in [-0.4, -0.2) is 0 Å². The second-order valence-electron chi connectivity index (χ2n) is 4.38. The zero-order chi connectivity index (χ0) is 10.3. The Hall–Kier alpha value is -0.340. The Balaban J connectivity index is 2.49. The third-order valence-corrected chi connectivity index (χ3v) is 4.58. The summed E-state index contributed by atoms with van der Waals surface area (Å²) in [6.07, 6.45) is 3.52. The van der Waals surface area contributed by atoms with Gasteiger partial charge in [-0.1, -0.05) is 28.1 Å². The predicted molar refractivity (Wildman–Crippen MR) is 63.3 cm³/mol. The second-order valence-corrected chi connectivity index (χ2v) is 5.17. The third kappa shape index (κ3) is 1.41. The van der Waals surface area contributed by atoms with Crippen LogP contribution in [0.25, 0.3) is 0 Å². The number of benzene rings is 1. The van der Waals surface area contributed by atoms with Gasteiger partial charge < -0.3 is 5.73 Å². The number of aryl methyl sites for hydroxylation is 1. The Kier molecular flexibility index (Phi) is 2.44. The van der Waals surface area contributed by atoms with Crippen molar-refractivity contribution in [3.8, 4) is 0 Å². The van der Waals surface area contributed by atoms with Crippen LogP contribution in [-0.2, 0) is 5.54 Å². The normalized spacial score (nSPS) is 19.1. The molecule has 1 nitrogen and oxygen atoms in total. The van der Waals surface area contributed by atoms with Crippen LogP contribution in [0.2, 0.25) is 0 Å². The van der Waals surface area contributed by atoms with Crippen molar-refractivity contribution in [1.29, 1.82) is 0 Å². The molecule has 1 aliphatic carbocycles. The molecule has 1 saturated carbocycles. The minimum absolute atomic E-state index is 0.0414. The lowest BCUT2D eigenvalue weighted by atomic mass is 9.71. The smallest absolute Gasteiger partial charge is 0.0412 e. The molecule has 1 fully saturated rings. The van der Waals surface area contributed by atoms with Gasteiger partial charge in [0.05, 0.1) is 0 Å². The van der Waals surface area contributed by atoms with E-state index in [4.69, 9.17) is 5.73 Å². The monoisotopic (exact) mass is 253 g/mol. The quantitative estimate of drug-likeness (QED) is 0.816. The van der Waals surface area contributed by atoms with Crippen LogP contribution in [0.4, 0.5) is 0 Å². The molecule has 0 aliphatic heterocycles. The van der Waals surface area contributed by atoms with E-state index < -0.39 is 0 Å². The van der Waals surface area contributed by atoms with Crippen molar-refractivity contribution in [2.24, 2.45) is 5.73 Å². The molecule has 0 saturated heterocycles. The number of nitrogens with two attached hydrogens (primary N) is 1. The lowest BCUT2D eigenvalue weighted by molar-refractivity contribution is 0.252. The van der Waals surface area contributed by atoms with E-state index in [1.165, 1.54) is 27.6 Å². The molecular weight excluding hydrogens is 238 g/mol. The predicted octanol–water partition coefficient (Wildman–Crippen LogP) is 3.40. The summed E-state index contributed by atoms with van der Waals surface area (Å²) >= 11 is 3.62. The first-order valence-corrected chi connectivity index (χ1v) is 5.89. The SMILES string of the molecule is Cc1ccc(C2(N)CCC2)c(C)c1Br. The minimum Gasteiger partial charge on any atom is -0.321 e. The van der Waals surface area contributed by atoms with Gasteiger partial charge in [0.1, 0.15) is 0 Å². The molecule has 1 aromatic carbocycles. The van der Waals surface area contributed by atoms with Crippen molar-refractivity contribution in [1.82, 2.24) is 0 Å². The van der Waals surface area contributed by atoms with Gasteiger partial charge in [-0.2, -0.15) is 0 Å². The number of hydrogen-bond acceptors (Lipinski definition) is 1. The summed E-state index contributed by atoms with van der Waals surface area (Å²) in [4.78, 5) is 0. The van der Waals surface area contributed by atoms with E-state index >= 15 is 0 Å². The average molecular weight is 254 g/mol. The first kappa shape index (κ1) is 10.2. The molecule has 0 atom stereocenters. The van der Waals surface area contributed by atoms with Crippen molar-refractivity contribution in [3.63, 3.8) is 0 Å². The van der Waals surface area contributed by atoms with Crippen molar-refractivity contribution in [2.45, 2.75) is 38.6 Å². The van der Waals surface area contributed by atoms with E-state index in [0.717, 1.165) is 12.8 Å². The Morgan fingerprint density at radius 2 is 1.93 bits per heavy atom. The highest BCUT2D eigenvalue weighted by molar-refractivity contribution is 9.10. The summed E-state index contributed by atoms with van der Waals surface area (Å²) in [5.74, 6) is 0. The fourth-order valence-electron chi connectivity index (χ4n) is 2.19. The van der Waals surface area contributed by atoms with E-state index in [1.807, 2.05) is 0 Å². The van der Waals surface area contributed by atoms with Crippen molar-refractivity contribution in [2.75, 3.05) is 0 Å². The molecule has 14 heavy (non-hydrogen) atoms. The van der Waals surface area contributed by atoms with Crippen LogP contribution in [0.5, 0.6) is 0 Å². The molecule has 0 radical (unpaired) electrons. The maximum Gasteiger partial charge on any atom is 0.0412 e. The summed E-state index contributed by atoms with van der Waals surface area (Å²) in [6, 6.07) is 4.34. The molecule has 1 aliphatic rings. The largest absolute Gasteiger partial charge is 0.321 e. The van der Waals surface area contributed by atoms with Crippen molar-refractivity contribution in [3.05, 3.63) is 33.3 Å². The molecule has 0 bridgehead atoms. The lowest BCUT2D eigenvalue weighted by Gasteiger charge is -2.40. The van der Waals surface area contributed by atoms with E-state index in [0.29, 0.717) is 0 Å². The molecule has 0 unspecified atom stereocenters. The molecule has 0 aromatic heterocycles. The molecule has 1 aromatic rings. The average Bonchev–Trinajstić information content (AvgIpc) is 2.11. The van der Waals surface area contributed by atoms with Gasteiger partial charge in [-0.25, -0.2) is 0 Å². The highest BCUT2D eigenvalue weighted by atomic mass is 79.9. The number of halogens is 1. The van der Waals surface area contributed by atoms with Gasteiger partial charge in [-0.05, 0) is 49.8 Å². The molecule has 0 amide bonds. The van der Waals surface area contributed by atoms with Gasteiger partial charge >= 0.3 is 0 Å². The Morgan fingerprint density at radius 3 is 2.43 bits per heavy atom. The number of hydrogen-bond donors (Lipinski definition) is 1. The Labute approximate surface area is 93.8 Å². The zero-order valence-electron chi connectivity index (χ0n) is 8.73. The third-order valence-electron chi connectivity index (χ3n) is 3.36. The van der Waals surface area contributed by atoms with Crippen LogP contribution >= 0.6 is 15.9 Å². The van der Waals surface area contributed by atoms with Crippen LogP contribution < -0.4 is 5.73 Å². The molecule has 0 heterocycles. The molecule has 2 N–H and O–H groups in total. The molecule has 2 heteroatoms. The van der Waals surface area contributed by atoms with Crippen LogP contribution in [0.1, 0.15) is 36.0 Å². The molecule has 2 rings (SSSR count). The van der Waals surface area contributed by atoms with Crippen LogP contribution in [0.3, 0.4) is 0 Å². The maximum absolute atomic E-state index is 6.32. The van der Waals surface area contributed by atoms with E-state index in [9.17, 15) is 0 Å². The molecular formula is C12H16BrN. The summed E-state index contributed by atoms with van der Waals surface area (Å²) in [6.45, 7) is 4.27. The van der Waals surface area contributed by atoms with Crippen molar-refractivity contribution >= 4 is 15.9 Å². The van der Waals surface area contributed by atoms with Gasteiger partial charge in [0.15, 0.2) is 0 Å². The second kappa shape index (κ2) is 3.35. The summed E-state index contributed by atoms with van der Waals surface area (Å²) in [5, 5.41) is 0. The van der Waals surface area contributed by atoms with Gasteiger partial charge in [-0.15, -0.1) is 0 Å². The van der Waals surface area contributed by atoms with Crippen LogP contribution in [0, 0.1) is 13.8 Å². The standard InChI is InChI=1S/C12H16BrN/c1-8-4-5-10(9(2)11(8)13)12(14)6-3-7-12/h4-5H,3,6-7,14H2,1-2H3. The van der Waals surface area contributed by atoms with E-state index in [-0.39, 0.29) is 5.54 Å². The Morgan fingerprint density at radius 1 is 1.29 bits per heavy atom. The molecule has 0 spiro atoms. The van der Waals surface area contributed by atoms with Gasteiger partial charge in [0.25, 0.3) is 0 Å². The van der Waals surface area contributed by atoms with E-state index in [1.54, 1.807) is 0 Å². The fourth-order valence-corrected chi connectivity index (χ4v) is 2.53. The summed E-state index contributed by atoms with van der Waals surface area (Å²) in [7, 11) is 0. The lowest BCUT2D eigenvalue weighted by Crippen LogP contribution is -2.43. The first-order chi connectivity index (χ1) is 6.54. The maximum atomic E-state index is 6.32. The fraction of sp³-hybridized carbons (Fsp3) is 0.500. The highest BCUT2D eigenvalue weighted by Crippen LogP contribution is 2.41. The van der Waals surface area contributed by atoms with Gasteiger partial charge in [0.2, 0.25) is 0 Å². The van der Waals surface area contributed by atoms with Crippen LogP contribution in [0.15, 0.2) is 16.6 Å². The molecule has 76 valence electrons.